The summed E-state index contributed by atoms with van der Waals surface area (Å²) >= 11 is 0. The van der Waals surface area contributed by atoms with Crippen LogP contribution in [0.25, 0.3) is 10.8 Å². The van der Waals surface area contributed by atoms with Crippen LogP contribution in [0.1, 0.15) is 6.92 Å². The molecule has 0 aromatic heterocycles. The van der Waals surface area contributed by atoms with Crippen LogP contribution < -0.4 is 10.6 Å². The monoisotopic (exact) mass is 272 g/mol. The summed E-state index contributed by atoms with van der Waals surface area (Å²) < 4.78 is 0. The van der Waals surface area contributed by atoms with Crippen molar-refractivity contribution >= 4 is 28.3 Å². The Labute approximate surface area is 116 Å². The Morgan fingerprint density at radius 1 is 1.10 bits per heavy atom. The highest BCUT2D eigenvalue weighted by Gasteiger charge is 2.14. The first kappa shape index (κ1) is 14.0. The van der Waals surface area contributed by atoms with Crippen molar-refractivity contribution in [3.63, 3.8) is 0 Å². The number of aliphatic hydroxyl groups is 1. The number of carbonyl (C=O) groups is 2. The molecule has 0 saturated carbocycles. The molecule has 0 aliphatic carbocycles. The summed E-state index contributed by atoms with van der Waals surface area (Å²) in [7, 11) is 0. The topological polar surface area (TPSA) is 78.4 Å². The first-order valence-electron chi connectivity index (χ1n) is 6.33. The second kappa shape index (κ2) is 6.16. The lowest BCUT2D eigenvalue weighted by Crippen LogP contribution is -2.38. The molecule has 0 saturated heterocycles. The smallest absolute Gasteiger partial charge is 0.313 e. The van der Waals surface area contributed by atoms with E-state index in [-0.39, 0.29) is 6.54 Å². The molecule has 2 amide bonds. The number of aliphatic hydroxyl groups excluding tert-OH is 1. The molecule has 0 spiro atoms. The van der Waals surface area contributed by atoms with Gasteiger partial charge in [0.15, 0.2) is 0 Å². The van der Waals surface area contributed by atoms with Crippen LogP contribution in [0.5, 0.6) is 0 Å². The lowest BCUT2D eigenvalue weighted by atomic mass is 10.1. The first-order valence-corrected chi connectivity index (χ1v) is 6.33. The van der Waals surface area contributed by atoms with Crippen LogP contribution in [0.2, 0.25) is 0 Å². The number of hydrogen-bond donors (Lipinski definition) is 3. The van der Waals surface area contributed by atoms with Crippen LogP contribution in [-0.4, -0.2) is 29.6 Å². The highest BCUT2D eigenvalue weighted by Crippen LogP contribution is 2.22. The van der Waals surface area contributed by atoms with Crippen molar-refractivity contribution in [1.82, 2.24) is 5.32 Å². The van der Waals surface area contributed by atoms with Gasteiger partial charge in [-0.2, -0.15) is 0 Å². The van der Waals surface area contributed by atoms with Gasteiger partial charge in [0.2, 0.25) is 0 Å². The zero-order valence-electron chi connectivity index (χ0n) is 11.1. The number of fused-ring (bicyclic) bond motifs is 1. The van der Waals surface area contributed by atoms with Crippen molar-refractivity contribution in [3.05, 3.63) is 42.5 Å². The normalized spacial score (nSPS) is 11.9. The average Bonchev–Trinajstić information content (AvgIpc) is 2.45. The zero-order valence-corrected chi connectivity index (χ0v) is 11.1. The van der Waals surface area contributed by atoms with Crippen molar-refractivity contribution in [3.8, 4) is 0 Å². The molecule has 0 fully saturated rings. The number of rotatable bonds is 3. The van der Waals surface area contributed by atoms with Crippen LogP contribution in [0, 0.1) is 0 Å². The fourth-order valence-corrected chi connectivity index (χ4v) is 1.83. The maximum Gasteiger partial charge on any atom is 0.313 e. The van der Waals surface area contributed by atoms with Crippen molar-refractivity contribution in [1.29, 1.82) is 0 Å². The third-order valence-corrected chi connectivity index (χ3v) is 2.80. The number of amides is 2. The van der Waals surface area contributed by atoms with E-state index in [0.29, 0.717) is 5.69 Å². The Morgan fingerprint density at radius 2 is 1.80 bits per heavy atom. The minimum Gasteiger partial charge on any atom is -0.392 e. The number of hydrogen-bond acceptors (Lipinski definition) is 3. The summed E-state index contributed by atoms with van der Waals surface area (Å²) in [6, 6.07) is 13.1. The average molecular weight is 272 g/mol. The molecular weight excluding hydrogens is 256 g/mol. The molecule has 2 aromatic rings. The summed E-state index contributed by atoms with van der Waals surface area (Å²) in [4.78, 5) is 23.3. The summed E-state index contributed by atoms with van der Waals surface area (Å²) in [5.41, 5.74) is 0.584. The van der Waals surface area contributed by atoms with Gasteiger partial charge in [0, 0.05) is 17.6 Å². The van der Waals surface area contributed by atoms with Gasteiger partial charge in [-0.05, 0) is 18.4 Å². The molecule has 0 bridgehead atoms. The standard InChI is InChI=1S/C15H16N2O3/c1-10(18)9-16-14(19)15(20)17-13-8-4-6-11-5-2-3-7-12(11)13/h2-8,10,18H,9H2,1H3,(H,16,19)(H,17,20). The van der Waals surface area contributed by atoms with E-state index in [0.717, 1.165) is 10.8 Å². The summed E-state index contributed by atoms with van der Waals surface area (Å²) in [6.45, 7) is 1.57. The molecule has 20 heavy (non-hydrogen) atoms. The molecule has 0 heterocycles. The molecule has 5 heteroatoms. The number of nitrogens with one attached hydrogen (secondary N) is 2. The Morgan fingerprint density at radius 3 is 2.55 bits per heavy atom. The highest BCUT2D eigenvalue weighted by molar-refractivity contribution is 6.40. The van der Waals surface area contributed by atoms with Gasteiger partial charge in [0.1, 0.15) is 0 Å². The molecule has 3 N–H and O–H groups in total. The van der Waals surface area contributed by atoms with Crippen molar-refractivity contribution in [2.75, 3.05) is 11.9 Å². The molecule has 0 aliphatic rings. The molecule has 0 aliphatic heterocycles. The third kappa shape index (κ3) is 3.33. The summed E-state index contributed by atoms with van der Waals surface area (Å²) in [6.07, 6.45) is -0.690. The SMILES string of the molecule is CC(O)CNC(=O)C(=O)Nc1cccc2ccccc12. The number of benzene rings is 2. The maximum atomic E-state index is 11.8. The van der Waals surface area contributed by atoms with Gasteiger partial charge in [0.05, 0.1) is 6.10 Å². The van der Waals surface area contributed by atoms with Crippen molar-refractivity contribution < 1.29 is 14.7 Å². The van der Waals surface area contributed by atoms with Crippen LogP contribution in [-0.2, 0) is 9.59 Å². The molecule has 5 nitrogen and oxygen atoms in total. The Bertz CT molecular complexity index is 633. The van der Waals surface area contributed by atoms with Gasteiger partial charge in [-0.1, -0.05) is 36.4 Å². The second-order valence-electron chi connectivity index (χ2n) is 4.54. The van der Waals surface area contributed by atoms with E-state index in [9.17, 15) is 9.59 Å². The van der Waals surface area contributed by atoms with Gasteiger partial charge in [0.25, 0.3) is 0 Å². The van der Waals surface area contributed by atoms with Crippen LogP contribution in [0.4, 0.5) is 5.69 Å². The Kier molecular flexibility index (Phi) is 4.32. The molecule has 2 aromatic carbocycles. The predicted octanol–water partition coefficient (Wildman–Crippen LogP) is 1.28. The highest BCUT2D eigenvalue weighted by atomic mass is 16.3. The molecule has 1 unspecified atom stereocenters. The van der Waals surface area contributed by atoms with E-state index in [1.807, 2.05) is 36.4 Å². The predicted molar refractivity (Wildman–Crippen MR) is 77.3 cm³/mol. The lowest BCUT2D eigenvalue weighted by molar-refractivity contribution is -0.136. The minimum absolute atomic E-state index is 0.0434. The van der Waals surface area contributed by atoms with E-state index in [4.69, 9.17) is 5.11 Å². The first-order chi connectivity index (χ1) is 9.58. The van der Waals surface area contributed by atoms with E-state index in [2.05, 4.69) is 10.6 Å². The number of carbonyl (C=O) groups excluding carboxylic acids is 2. The van der Waals surface area contributed by atoms with E-state index in [1.165, 1.54) is 6.92 Å². The van der Waals surface area contributed by atoms with Crippen LogP contribution in [0.15, 0.2) is 42.5 Å². The van der Waals surface area contributed by atoms with Crippen LogP contribution >= 0.6 is 0 Å². The number of anilines is 1. The largest absolute Gasteiger partial charge is 0.392 e. The van der Waals surface area contributed by atoms with E-state index in [1.54, 1.807) is 6.07 Å². The Balaban J connectivity index is 2.12. The van der Waals surface area contributed by atoms with Gasteiger partial charge >= 0.3 is 11.8 Å². The molecular formula is C15H16N2O3. The second-order valence-corrected chi connectivity index (χ2v) is 4.54. The molecule has 1 atom stereocenters. The van der Waals surface area contributed by atoms with Gasteiger partial charge in [-0.25, -0.2) is 0 Å². The molecule has 0 radical (unpaired) electrons. The lowest BCUT2D eigenvalue weighted by Gasteiger charge is -2.09. The summed E-state index contributed by atoms with van der Waals surface area (Å²) in [5, 5.41) is 15.8. The Hall–Kier alpha value is -2.40. The van der Waals surface area contributed by atoms with Gasteiger partial charge in [-0.3, -0.25) is 9.59 Å². The maximum absolute atomic E-state index is 11.8. The van der Waals surface area contributed by atoms with E-state index < -0.39 is 17.9 Å². The molecule has 2 rings (SSSR count). The van der Waals surface area contributed by atoms with Crippen LogP contribution in [0.3, 0.4) is 0 Å². The van der Waals surface area contributed by atoms with Crippen molar-refractivity contribution in [2.45, 2.75) is 13.0 Å². The van der Waals surface area contributed by atoms with Crippen molar-refractivity contribution in [2.24, 2.45) is 0 Å². The zero-order chi connectivity index (χ0) is 14.5. The third-order valence-electron chi connectivity index (χ3n) is 2.80. The molecule has 104 valence electrons. The quantitative estimate of drug-likeness (QED) is 0.736. The van der Waals surface area contributed by atoms with Gasteiger partial charge < -0.3 is 15.7 Å². The summed E-state index contributed by atoms with van der Waals surface area (Å²) in [5.74, 6) is -1.51. The van der Waals surface area contributed by atoms with Gasteiger partial charge in [-0.15, -0.1) is 0 Å². The fourth-order valence-electron chi connectivity index (χ4n) is 1.83. The fraction of sp³-hybridized carbons (Fsp3) is 0.200. The van der Waals surface area contributed by atoms with E-state index >= 15 is 0 Å². The minimum atomic E-state index is -0.765.